The van der Waals surface area contributed by atoms with Crippen LogP contribution in [0.5, 0.6) is 17.2 Å². The van der Waals surface area contributed by atoms with Crippen molar-refractivity contribution >= 4 is 68.3 Å². The summed E-state index contributed by atoms with van der Waals surface area (Å²) in [5.41, 5.74) is 6.20. The van der Waals surface area contributed by atoms with Gasteiger partial charge in [-0.25, -0.2) is 4.99 Å². The van der Waals surface area contributed by atoms with Crippen molar-refractivity contribution < 1.29 is 14.6 Å². The molecule has 2 aliphatic rings. The first-order valence-electron chi connectivity index (χ1n) is 11.9. The number of benzene rings is 3. The molecule has 6 nitrogen and oxygen atoms in total. The molecule has 0 fully saturated rings. The molecule has 0 spiro atoms. The van der Waals surface area contributed by atoms with E-state index in [1.165, 1.54) is 16.9 Å². The standard InChI is InChI=1S/C29H22I2N2O4S/c1-36-22-10-8-17(14-23(22)37-2)26-19-9-7-16-5-3-4-6-18(16)25(19)32-29-33(26)28(35)24(38-29)13-15-11-20(30)27(34)21(31)12-15/h3-6,8,10-14,26,34H,7,9H2,1-2H3/b24-13-. The normalized spacial score (nSPS) is 16.4. The van der Waals surface area contributed by atoms with E-state index >= 15 is 0 Å². The van der Waals surface area contributed by atoms with E-state index in [-0.39, 0.29) is 17.4 Å². The van der Waals surface area contributed by atoms with Crippen LogP contribution in [-0.4, -0.2) is 23.9 Å². The highest BCUT2D eigenvalue weighted by atomic mass is 127. The molecule has 1 N–H and O–H groups in total. The molecule has 0 bridgehead atoms. The summed E-state index contributed by atoms with van der Waals surface area (Å²) in [6.07, 6.45) is 3.59. The molecule has 1 aromatic heterocycles. The van der Waals surface area contributed by atoms with Gasteiger partial charge in [-0.15, -0.1) is 0 Å². The number of aromatic hydroxyl groups is 1. The largest absolute Gasteiger partial charge is 0.506 e. The lowest BCUT2D eigenvalue weighted by Crippen LogP contribution is -2.38. The van der Waals surface area contributed by atoms with Crippen LogP contribution in [0.4, 0.5) is 0 Å². The van der Waals surface area contributed by atoms with Crippen molar-refractivity contribution in [2.75, 3.05) is 14.2 Å². The van der Waals surface area contributed by atoms with E-state index in [2.05, 4.69) is 63.4 Å². The topological polar surface area (TPSA) is 73.0 Å². The first-order chi connectivity index (χ1) is 18.4. The average Bonchev–Trinajstić information content (AvgIpc) is 3.24. The van der Waals surface area contributed by atoms with Crippen LogP contribution < -0.4 is 24.4 Å². The molecule has 0 saturated heterocycles. The second-order valence-electron chi connectivity index (χ2n) is 9.06. The highest BCUT2D eigenvalue weighted by molar-refractivity contribution is 14.1. The predicted molar refractivity (Wildman–Crippen MR) is 166 cm³/mol. The fourth-order valence-electron chi connectivity index (χ4n) is 5.17. The molecule has 1 unspecified atom stereocenters. The third-order valence-electron chi connectivity index (χ3n) is 6.93. The van der Waals surface area contributed by atoms with Gasteiger partial charge in [-0.1, -0.05) is 41.7 Å². The van der Waals surface area contributed by atoms with E-state index in [0.717, 1.165) is 47.9 Å². The number of nitrogens with zero attached hydrogens (tertiary/aromatic N) is 2. The van der Waals surface area contributed by atoms with Gasteiger partial charge < -0.3 is 14.6 Å². The minimum Gasteiger partial charge on any atom is -0.506 e. The molecule has 1 aliphatic carbocycles. The zero-order chi connectivity index (χ0) is 26.6. The molecule has 38 heavy (non-hydrogen) atoms. The summed E-state index contributed by atoms with van der Waals surface area (Å²) in [7, 11) is 3.24. The molecule has 2 heterocycles. The van der Waals surface area contributed by atoms with Crippen LogP contribution in [0, 0.1) is 7.14 Å². The van der Waals surface area contributed by atoms with Gasteiger partial charge in [-0.05, 0) is 111 Å². The number of hydrogen-bond donors (Lipinski definition) is 1. The number of phenols is 1. The van der Waals surface area contributed by atoms with Crippen molar-refractivity contribution in [3.63, 3.8) is 0 Å². The van der Waals surface area contributed by atoms with Gasteiger partial charge in [-0.3, -0.25) is 9.36 Å². The van der Waals surface area contributed by atoms with Gasteiger partial charge in [0.05, 0.1) is 37.6 Å². The SMILES string of the molecule is COc1ccc(C2C3=C(N=c4s/c(=C\c5cc(I)c(O)c(I)c5)c(=O)n42)c2ccccc2CC3)cc1OC. The van der Waals surface area contributed by atoms with Crippen molar-refractivity contribution in [2.24, 2.45) is 4.99 Å². The maximum atomic E-state index is 14.0. The molecule has 4 aromatic rings. The van der Waals surface area contributed by atoms with Gasteiger partial charge in [0.1, 0.15) is 5.75 Å². The Morgan fingerprint density at radius 3 is 2.50 bits per heavy atom. The zero-order valence-corrected chi connectivity index (χ0v) is 25.6. The Kier molecular flexibility index (Phi) is 6.85. The van der Waals surface area contributed by atoms with Gasteiger partial charge in [0, 0.05) is 5.56 Å². The van der Waals surface area contributed by atoms with Crippen LogP contribution in [0.1, 0.15) is 34.7 Å². The third-order valence-corrected chi connectivity index (χ3v) is 9.56. The van der Waals surface area contributed by atoms with Gasteiger partial charge in [-0.2, -0.15) is 0 Å². The molecule has 1 aliphatic heterocycles. The van der Waals surface area contributed by atoms with Crippen molar-refractivity contribution in [1.29, 1.82) is 0 Å². The Balaban J connectivity index is 1.62. The predicted octanol–water partition coefficient (Wildman–Crippen LogP) is 5.25. The minimum atomic E-state index is -0.309. The number of methoxy groups -OCH3 is 2. The maximum Gasteiger partial charge on any atom is 0.271 e. The fraction of sp³-hybridized carbons (Fsp3) is 0.172. The van der Waals surface area contributed by atoms with E-state index in [9.17, 15) is 9.90 Å². The molecule has 192 valence electrons. The van der Waals surface area contributed by atoms with E-state index in [0.29, 0.717) is 20.8 Å². The summed E-state index contributed by atoms with van der Waals surface area (Å²) < 4.78 is 15.0. The lowest BCUT2D eigenvalue weighted by Gasteiger charge is -2.31. The van der Waals surface area contributed by atoms with E-state index in [1.807, 2.05) is 47.0 Å². The number of thiazole rings is 1. The van der Waals surface area contributed by atoms with E-state index < -0.39 is 0 Å². The van der Waals surface area contributed by atoms with Crippen molar-refractivity contribution in [1.82, 2.24) is 4.57 Å². The quantitative estimate of drug-likeness (QED) is 0.290. The lowest BCUT2D eigenvalue weighted by molar-refractivity contribution is 0.354. The Hall–Kier alpha value is -2.64. The Morgan fingerprint density at radius 1 is 1.03 bits per heavy atom. The van der Waals surface area contributed by atoms with Crippen molar-refractivity contribution in [2.45, 2.75) is 18.9 Å². The van der Waals surface area contributed by atoms with Crippen molar-refractivity contribution in [3.05, 3.63) is 109 Å². The summed E-state index contributed by atoms with van der Waals surface area (Å²) in [4.78, 5) is 19.7. The average molecular weight is 748 g/mol. The zero-order valence-electron chi connectivity index (χ0n) is 20.5. The number of ether oxygens (including phenoxy) is 2. The number of aryl methyl sites for hydroxylation is 1. The Bertz CT molecular complexity index is 1800. The lowest BCUT2D eigenvalue weighted by atomic mass is 9.83. The number of aromatic nitrogens is 1. The second-order valence-corrected chi connectivity index (χ2v) is 12.4. The first-order valence-corrected chi connectivity index (χ1v) is 14.9. The highest BCUT2D eigenvalue weighted by Crippen LogP contribution is 2.42. The molecular weight excluding hydrogens is 726 g/mol. The minimum absolute atomic E-state index is 0.0861. The van der Waals surface area contributed by atoms with Gasteiger partial charge in [0.15, 0.2) is 16.3 Å². The molecule has 0 radical (unpaired) electrons. The Labute approximate surface area is 250 Å². The molecule has 3 aromatic carbocycles. The molecule has 9 heteroatoms. The summed E-state index contributed by atoms with van der Waals surface area (Å²) >= 11 is 5.60. The summed E-state index contributed by atoms with van der Waals surface area (Å²) in [6, 6.07) is 17.7. The Morgan fingerprint density at radius 2 is 1.76 bits per heavy atom. The first kappa shape index (κ1) is 25.6. The number of hydrogen-bond acceptors (Lipinski definition) is 6. The van der Waals surface area contributed by atoms with E-state index in [1.54, 1.807) is 14.2 Å². The van der Waals surface area contributed by atoms with E-state index in [4.69, 9.17) is 14.5 Å². The molecule has 6 rings (SSSR count). The van der Waals surface area contributed by atoms with Crippen LogP contribution in [0.3, 0.4) is 0 Å². The second kappa shape index (κ2) is 10.2. The van der Waals surface area contributed by atoms with Crippen LogP contribution in [0.25, 0.3) is 11.8 Å². The van der Waals surface area contributed by atoms with Gasteiger partial charge in [0.2, 0.25) is 0 Å². The van der Waals surface area contributed by atoms with Crippen LogP contribution in [-0.2, 0) is 6.42 Å². The van der Waals surface area contributed by atoms with Gasteiger partial charge >= 0.3 is 0 Å². The smallest absolute Gasteiger partial charge is 0.271 e. The van der Waals surface area contributed by atoms with Crippen LogP contribution in [0.15, 0.2) is 70.0 Å². The summed E-state index contributed by atoms with van der Waals surface area (Å²) in [5, 5.41) is 10.2. The number of halogens is 2. The van der Waals surface area contributed by atoms with Crippen LogP contribution in [0.2, 0.25) is 0 Å². The van der Waals surface area contributed by atoms with Crippen molar-refractivity contribution in [3.8, 4) is 17.2 Å². The molecule has 0 amide bonds. The third kappa shape index (κ3) is 4.28. The molecule has 0 saturated carbocycles. The molecular formula is C29H22I2N2O4S. The fourth-order valence-corrected chi connectivity index (χ4v) is 7.98. The number of rotatable bonds is 4. The number of phenolic OH excluding ortho intramolecular Hbond substituents is 1. The number of fused-ring (bicyclic) bond motifs is 3. The summed E-state index contributed by atoms with van der Waals surface area (Å²) in [5.74, 6) is 1.52. The maximum absolute atomic E-state index is 14.0. The monoisotopic (exact) mass is 748 g/mol. The van der Waals surface area contributed by atoms with Gasteiger partial charge in [0.25, 0.3) is 5.56 Å². The highest BCUT2D eigenvalue weighted by Gasteiger charge is 2.33. The summed E-state index contributed by atoms with van der Waals surface area (Å²) in [6.45, 7) is 0. The number of allylic oxidation sites excluding steroid dienone is 1. The van der Waals surface area contributed by atoms with Crippen LogP contribution >= 0.6 is 56.5 Å². The molecule has 1 atom stereocenters.